The average molecular weight is 812 g/mol. The van der Waals surface area contributed by atoms with E-state index >= 15 is 0 Å². The van der Waals surface area contributed by atoms with Gasteiger partial charge in [0.25, 0.3) is 0 Å². The number of amides is 1. The molecule has 0 saturated heterocycles. The van der Waals surface area contributed by atoms with Gasteiger partial charge in [0.05, 0.1) is 25.2 Å². The molecule has 58 heavy (non-hydrogen) atoms. The van der Waals surface area contributed by atoms with Gasteiger partial charge in [0.1, 0.15) is 6.10 Å². The minimum atomic E-state index is -0.804. The Morgan fingerprint density at radius 3 is 1.38 bits per heavy atom. The minimum absolute atomic E-state index is 0.0292. The summed E-state index contributed by atoms with van der Waals surface area (Å²) < 4.78 is 5.88. The lowest BCUT2D eigenvalue weighted by atomic mass is 10.0. The number of rotatable bonds is 43. The van der Waals surface area contributed by atoms with Gasteiger partial charge in [-0.25, -0.2) is 0 Å². The van der Waals surface area contributed by atoms with Gasteiger partial charge in [-0.05, 0) is 38.5 Å². The number of carbonyl (C=O) groups is 2. The summed E-state index contributed by atoms with van der Waals surface area (Å²) in [6.07, 6.45) is 55.8. The molecule has 3 atom stereocenters. The van der Waals surface area contributed by atoms with Crippen LogP contribution >= 0.6 is 0 Å². The Hall–Kier alpha value is -2.44. The lowest BCUT2D eigenvalue weighted by Crippen LogP contribution is -2.46. The van der Waals surface area contributed by atoms with Crippen LogP contribution in [0.2, 0.25) is 0 Å². The van der Waals surface area contributed by atoms with E-state index in [-0.39, 0.29) is 24.9 Å². The maximum absolute atomic E-state index is 13.1. The number of hydrogen-bond donors (Lipinski definition) is 3. The Labute approximate surface area is 358 Å². The maximum atomic E-state index is 13.1. The third kappa shape index (κ3) is 40.3. The maximum Gasteiger partial charge on any atom is 0.306 e. The summed E-state index contributed by atoms with van der Waals surface area (Å²) >= 11 is 0. The Morgan fingerprint density at radius 2 is 0.931 bits per heavy atom. The number of carbonyl (C=O) groups excluding carboxylic acids is 2. The van der Waals surface area contributed by atoms with Crippen molar-refractivity contribution in [1.82, 2.24) is 5.32 Å². The number of unbranched alkanes of at least 4 members (excludes halogenated alkanes) is 25. The number of nitrogens with one attached hydrogen (secondary N) is 1. The van der Waals surface area contributed by atoms with Crippen LogP contribution in [-0.4, -0.2) is 46.9 Å². The second kappa shape index (κ2) is 45.6. The molecule has 0 rings (SSSR count). The van der Waals surface area contributed by atoms with Crippen LogP contribution in [0.25, 0.3) is 0 Å². The Bertz CT molecular complexity index is 1050. The van der Waals surface area contributed by atoms with Crippen molar-refractivity contribution in [1.29, 1.82) is 0 Å². The van der Waals surface area contributed by atoms with E-state index in [9.17, 15) is 19.8 Å². The van der Waals surface area contributed by atoms with E-state index in [4.69, 9.17) is 4.74 Å². The van der Waals surface area contributed by atoms with E-state index in [1.165, 1.54) is 128 Å². The summed E-state index contributed by atoms with van der Waals surface area (Å²) in [6.45, 7) is 6.30. The molecule has 0 aliphatic heterocycles. The lowest BCUT2D eigenvalue weighted by molar-refractivity contribution is -0.151. The molecule has 0 spiro atoms. The van der Waals surface area contributed by atoms with Crippen LogP contribution in [-0.2, 0) is 14.3 Å². The topological polar surface area (TPSA) is 95.9 Å². The van der Waals surface area contributed by atoms with Crippen molar-refractivity contribution >= 4 is 11.9 Å². The van der Waals surface area contributed by atoms with Gasteiger partial charge < -0.3 is 20.3 Å². The summed E-state index contributed by atoms with van der Waals surface area (Å²) in [6, 6.07) is -0.722. The SMILES string of the molecule is CC/C=C/C=C/C=C\C=C/C=C/CCCC(CC(=O)NC(CO)C(O)CCCCCCCCCCC)OC(=O)CCCCCCCCCCCCCCCCCCC. The largest absolute Gasteiger partial charge is 0.462 e. The molecule has 1 amide bonds. The van der Waals surface area contributed by atoms with Crippen molar-refractivity contribution < 1.29 is 24.5 Å². The number of aliphatic hydroxyl groups excluding tert-OH is 2. The van der Waals surface area contributed by atoms with Crippen molar-refractivity contribution in [2.75, 3.05) is 6.61 Å². The Kier molecular flexibility index (Phi) is 43.7. The van der Waals surface area contributed by atoms with Gasteiger partial charge in [0.15, 0.2) is 0 Å². The van der Waals surface area contributed by atoms with Gasteiger partial charge in [-0.15, -0.1) is 0 Å². The lowest BCUT2D eigenvalue weighted by Gasteiger charge is -2.24. The molecule has 0 aromatic rings. The normalized spacial score (nSPS) is 13.8. The second-order valence-electron chi connectivity index (χ2n) is 16.6. The zero-order chi connectivity index (χ0) is 42.4. The molecular formula is C52H93NO5. The first-order chi connectivity index (χ1) is 28.5. The first-order valence-corrected chi connectivity index (χ1v) is 24.6. The molecule has 0 heterocycles. The number of aliphatic hydroxyl groups is 2. The number of ether oxygens (including phenoxy) is 1. The molecule has 6 heteroatoms. The third-order valence-corrected chi connectivity index (χ3v) is 11.0. The van der Waals surface area contributed by atoms with E-state index in [1.807, 2.05) is 48.6 Å². The highest BCUT2D eigenvalue weighted by molar-refractivity contribution is 5.77. The second-order valence-corrected chi connectivity index (χ2v) is 16.6. The van der Waals surface area contributed by atoms with E-state index in [1.54, 1.807) is 0 Å². The monoisotopic (exact) mass is 812 g/mol. The molecule has 0 saturated carbocycles. The first kappa shape index (κ1) is 55.6. The highest BCUT2D eigenvalue weighted by Gasteiger charge is 2.24. The van der Waals surface area contributed by atoms with E-state index in [0.29, 0.717) is 19.3 Å². The molecule has 0 aliphatic rings. The van der Waals surface area contributed by atoms with Crippen LogP contribution < -0.4 is 5.32 Å². The summed E-state index contributed by atoms with van der Waals surface area (Å²) in [5.74, 6) is -0.544. The molecule has 3 unspecified atom stereocenters. The fraction of sp³-hybridized carbons (Fsp3) is 0.769. The highest BCUT2D eigenvalue weighted by atomic mass is 16.5. The van der Waals surface area contributed by atoms with Crippen LogP contribution in [0.5, 0.6) is 0 Å². The summed E-state index contributed by atoms with van der Waals surface area (Å²) in [5.41, 5.74) is 0. The zero-order valence-electron chi connectivity index (χ0n) is 38.2. The van der Waals surface area contributed by atoms with E-state index in [0.717, 1.165) is 57.8 Å². The van der Waals surface area contributed by atoms with Gasteiger partial charge in [-0.3, -0.25) is 9.59 Å². The van der Waals surface area contributed by atoms with E-state index < -0.39 is 18.2 Å². The van der Waals surface area contributed by atoms with Crippen LogP contribution in [0.4, 0.5) is 0 Å². The number of hydrogen-bond acceptors (Lipinski definition) is 5. The van der Waals surface area contributed by atoms with Crippen molar-refractivity contribution in [2.45, 2.75) is 251 Å². The summed E-state index contributed by atoms with van der Waals surface area (Å²) in [5, 5.41) is 23.6. The Balaban J connectivity index is 4.63. The molecule has 0 aromatic carbocycles. The number of esters is 1. The molecule has 0 fully saturated rings. The van der Waals surface area contributed by atoms with Crippen LogP contribution in [0.3, 0.4) is 0 Å². The fourth-order valence-electron chi connectivity index (χ4n) is 7.28. The van der Waals surface area contributed by atoms with Gasteiger partial charge >= 0.3 is 5.97 Å². The standard InChI is InChI=1S/C52H93NO5/c1-4-7-10-13-16-19-21-23-24-25-26-28-30-33-36-39-42-45-52(57)58-48(43-40-37-34-32-29-27-22-20-17-14-11-8-5-2)46-51(56)53-49(47-54)50(55)44-41-38-35-31-18-15-12-9-6-3/h8,11,14,17,20,22,27,29,32,34,48-50,54-55H,4-7,9-10,12-13,15-16,18-19,21,23-26,28,30-31,33,35-47H2,1-3H3,(H,53,56)/b11-8+,17-14+,22-20-,29-27-,34-32+. The van der Waals surface area contributed by atoms with Crippen molar-refractivity contribution in [3.05, 3.63) is 60.8 Å². The van der Waals surface area contributed by atoms with Gasteiger partial charge in [0.2, 0.25) is 5.91 Å². The van der Waals surface area contributed by atoms with E-state index in [2.05, 4.69) is 38.2 Å². The predicted octanol–water partition coefficient (Wildman–Crippen LogP) is 14.5. The third-order valence-electron chi connectivity index (χ3n) is 11.0. The first-order valence-electron chi connectivity index (χ1n) is 24.6. The van der Waals surface area contributed by atoms with Crippen LogP contribution in [0.15, 0.2) is 60.8 Å². The van der Waals surface area contributed by atoms with Crippen LogP contribution in [0, 0.1) is 0 Å². The summed E-state index contributed by atoms with van der Waals surface area (Å²) in [4.78, 5) is 26.0. The molecule has 0 radical (unpaired) electrons. The average Bonchev–Trinajstić information content (AvgIpc) is 3.22. The molecule has 0 bridgehead atoms. The minimum Gasteiger partial charge on any atom is -0.462 e. The molecule has 336 valence electrons. The molecule has 0 aromatic heterocycles. The van der Waals surface area contributed by atoms with Gasteiger partial charge in [-0.2, -0.15) is 0 Å². The summed E-state index contributed by atoms with van der Waals surface area (Å²) in [7, 11) is 0. The Morgan fingerprint density at radius 1 is 0.517 bits per heavy atom. The number of allylic oxidation sites excluding steroid dienone is 10. The predicted molar refractivity (Wildman–Crippen MR) is 250 cm³/mol. The quantitative estimate of drug-likeness (QED) is 0.0324. The van der Waals surface area contributed by atoms with Gasteiger partial charge in [-0.1, -0.05) is 242 Å². The highest BCUT2D eigenvalue weighted by Crippen LogP contribution is 2.17. The van der Waals surface area contributed by atoms with Crippen molar-refractivity contribution in [3.63, 3.8) is 0 Å². The molecular weight excluding hydrogens is 719 g/mol. The molecule has 0 aliphatic carbocycles. The van der Waals surface area contributed by atoms with Crippen molar-refractivity contribution in [3.8, 4) is 0 Å². The smallest absolute Gasteiger partial charge is 0.306 e. The van der Waals surface area contributed by atoms with Crippen LogP contribution in [0.1, 0.15) is 233 Å². The fourth-order valence-corrected chi connectivity index (χ4v) is 7.28. The zero-order valence-corrected chi connectivity index (χ0v) is 38.2. The molecule has 3 N–H and O–H groups in total. The molecule has 6 nitrogen and oxygen atoms in total. The van der Waals surface area contributed by atoms with Gasteiger partial charge in [0, 0.05) is 6.42 Å². The van der Waals surface area contributed by atoms with Crippen molar-refractivity contribution in [2.24, 2.45) is 0 Å².